The van der Waals surface area contributed by atoms with E-state index in [-0.39, 0.29) is 12.2 Å². The highest BCUT2D eigenvalue weighted by atomic mass is 16.5. The molecule has 0 bridgehead atoms. The number of fused-ring (bicyclic) bond motifs is 1. The highest BCUT2D eigenvalue weighted by Gasteiger charge is 2.25. The molecule has 3 aromatic rings. The molecular weight excluding hydrogens is 460 g/mol. The van der Waals surface area contributed by atoms with E-state index in [1.54, 1.807) is 24.8 Å². The second kappa shape index (κ2) is 10.8. The van der Waals surface area contributed by atoms with Crippen molar-refractivity contribution >= 4 is 22.7 Å². The van der Waals surface area contributed by atoms with Crippen LogP contribution in [0.2, 0.25) is 0 Å². The lowest BCUT2D eigenvalue weighted by atomic mass is 9.93. The molecule has 6 rings (SSSR count). The molecule has 0 amide bonds. The third-order valence-corrected chi connectivity index (χ3v) is 7.06. The van der Waals surface area contributed by atoms with Crippen LogP contribution in [0.4, 0.5) is 11.6 Å². The van der Waals surface area contributed by atoms with Crippen molar-refractivity contribution in [2.45, 2.75) is 50.4 Å². The molecule has 1 aliphatic carbocycles. The van der Waals surface area contributed by atoms with Gasteiger partial charge in [-0.1, -0.05) is 0 Å². The summed E-state index contributed by atoms with van der Waals surface area (Å²) in [4.78, 5) is 20.3. The fourth-order valence-corrected chi connectivity index (χ4v) is 4.88. The molecule has 2 saturated heterocycles. The fourth-order valence-electron chi connectivity index (χ4n) is 4.88. The van der Waals surface area contributed by atoms with Gasteiger partial charge < -0.3 is 29.2 Å². The maximum absolute atomic E-state index is 6.53. The van der Waals surface area contributed by atoms with Crippen LogP contribution in [0.15, 0.2) is 36.9 Å². The van der Waals surface area contributed by atoms with Gasteiger partial charge in [0.05, 0.1) is 43.3 Å². The number of nitrogens with one attached hydrogen (secondary N) is 1. The first-order valence-corrected chi connectivity index (χ1v) is 12.9. The predicted molar refractivity (Wildman–Crippen MR) is 135 cm³/mol. The number of hydrogen-bond acceptors (Lipinski definition) is 10. The third-order valence-electron chi connectivity index (χ3n) is 7.06. The van der Waals surface area contributed by atoms with Gasteiger partial charge in [-0.05, 0) is 31.7 Å². The van der Waals surface area contributed by atoms with E-state index < -0.39 is 0 Å². The Hall–Kier alpha value is -3.24. The van der Waals surface area contributed by atoms with E-state index in [2.05, 4.69) is 42.3 Å². The van der Waals surface area contributed by atoms with Crippen molar-refractivity contribution < 1.29 is 18.9 Å². The van der Waals surface area contributed by atoms with Crippen molar-refractivity contribution in [2.75, 3.05) is 49.7 Å². The number of morpholine rings is 1. The number of aromatic nitrogens is 4. The summed E-state index contributed by atoms with van der Waals surface area (Å²) in [5.41, 5.74) is 2.78. The van der Waals surface area contributed by atoms with Gasteiger partial charge in [0, 0.05) is 56.3 Å². The largest absolute Gasteiger partial charge is 0.488 e. The van der Waals surface area contributed by atoms with Crippen LogP contribution in [0.3, 0.4) is 0 Å². The van der Waals surface area contributed by atoms with E-state index in [1.807, 2.05) is 0 Å². The molecular formula is C26H32N6O4. The number of anilines is 2. The van der Waals surface area contributed by atoms with Crippen molar-refractivity contribution in [2.24, 2.45) is 0 Å². The average molecular weight is 493 g/mol. The van der Waals surface area contributed by atoms with Crippen LogP contribution in [0.1, 0.15) is 32.1 Å². The number of benzene rings is 1. The van der Waals surface area contributed by atoms with Crippen LogP contribution >= 0.6 is 0 Å². The molecule has 10 heteroatoms. The van der Waals surface area contributed by atoms with E-state index in [0.29, 0.717) is 24.3 Å². The maximum atomic E-state index is 6.53. The molecule has 4 heterocycles. The SMILES string of the molecule is c1cnc2c(O[C@H]3CC[C@@H](Nc4ncc(OCC5CCO5)cn4)CC3)cc(N3CCOCC3)cc2n1. The Balaban J connectivity index is 1.05. The summed E-state index contributed by atoms with van der Waals surface area (Å²) in [5.74, 6) is 2.11. The summed E-state index contributed by atoms with van der Waals surface area (Å²) in [7, 11) is 0. The molecule has 2 aromatic heterocycles. The summed E-state index contributed by atoms with van der Waals surface area (Å²) < 4.78 is 23.1. The van der Waals surface area contributed by atoms with Gasteiger partial charge in [0.25, 0.3) is 0 Å². The minimum Gasteiger partial charge on any atom is -0.488 e. The van der Waals surface area contributed by atoms with Crippen LogP contribution < -0.4 is 19.7 Å². The molecule has 3 aliphatic rings. The fraction of sp³-hybridized carbons (Fsp3) is 0.538. The van der Waals surface area contributed by atoms with E-state index in [1.165, 1.54) is 0 Å². The maximum Gasteiger partial charge on any atom is 0.223 e. The van der Waals surface area contributed by atoms with Gasteiger partial charge in [-0.2, -0.15) is 0 Å². The topological polar surface area (TPSA) is 104 Å². The number of hydrogen-bond donors (Lipinski definition) is 1. The van der Waals surface area contributed by atoms with Crippen LogP contribution in [-0.4, -0.2) is 77.7 Å². The van der Waals surface area contributed by atoms with Gasteiger partial charge in [0.15, 0.2) is 5.75 Å². The van der Waals surface area contributed by atoms with E-state index in [4.69, 9.17) is 18.9 Å². The van der Waals surface area contributed by atoms with Crippen molar-refractivity contribution in [1.82, 2.24) is 19.9 Å². The van der Waals surface area contributed by atoms with Gasteiger partial charge in [-0.15, -0.1) is 0 Å². The van der Waals surface area contributed by atoms with Crippen molar-refractivity contribution in [3.05, 3.63) is 36.9 Å². The van der Waals surface area contributed by atoms with Crippen LogP contribution in [-0.2, 0) is 9.47 Å². The van der Waals surface area contributed by atoms with Crippen molar-refractivity contribution in [3.8, 4) is 11.5 Å². The van der Waals surface area contributed by atoms with Crippen LogP contribution in [0, 0.1) is 0 Å². The lowest BCUT2D eigenvalue weighted by Crippen LogP contribution is -2.36. The van der Waals surface area contributed by atoms with E-state index >= 15 is 0 Å². The van der Waals surface area contributed by atoms with Gasteiger partial charge >= 0.3 is 0 Å². The monoisotopic (exact) mass is 492 g/mol. The molecule has 0 radical (unpaired) electrons. The van der Waals surface area contributed by atoms with Crippen LogP contribution in [0.5, 0.6) is 11.5 Å². The molecule has 1 saturated carbocycles. The zero-order chi connectivity index (χ0) is 24.2. The summed E-state index contributed by atoms with van der Waals surface area (Å²) in [6.45, 7) is 4.59. The Kier molecular flexibility index (Phi) is 6.95. The molecule has 2 aliphatic heterocycles. The van der Waals surface area contributed by atoms with Crippen molar-refractivity contribution in [3.63, 3.8) is 0 Å². The van der Waals surface area contributed by atoms with Gasteiger partial charge in [-0.25, -0.2) is 15.0 Å². The second-order valence-electron chi connectivity index (χ2n) is 9.54. The first kappa shape index (κ1) is 23.2. The van der Waals surface area contributed by atoms with Crippen molar-refractivity contribution in [1.29, 1.82) is 0 Å². The second-order valence-corrected chi connectivity index (χ2v) is 9.54. The van der Waals surface area contributed by atoms with Crippen LogP contribution in [0.25, 0.3) is 11.0 Å². The van der Waals surface area contributed by atoms with E-state index in [9.17, 15) is 0 Å². The molecule has 1 atom stereocenters. The quantitative estimate of drug-likeness (QED) is 0.504. The smallest absolute Gasteiger partial charge is 0.223 e. The highest BCUT2D eigenvalue weighted by molar-refractivity contribution is 5.85. The Bertz CT molecular complexity index is 1140. The molecule has 1 aromatic carbocycles. The first-order chi connectivity index (χ1) is 17.8. The summed E-state index contributed by atoms with van der Waals surface area (Å²) in [5, 5.41) is 3.46. The summed E-state index contributed by atoms with van der Waals surface area (Å²) in [6, 6.07) is 4.52. The Morgan fingerprint density at radius 2 is 1.69 bits per heavy atom. The average Bonchev–Trinajstić information content (AvgIpc) is 2.90. The lowest BCUT2D eigenvalue weighted by Gasteiger charge is -2.31. The predicted octanol–water partition coefficient (Wildman–Crippen LogP) is 3.23. The normalized spacial score (nSPS) is 24.2. The summed E-state index contributed by atoms with van der Waals surface area (Å²) in [6.07, 6.45) is 12.1. The Morgan fingerprint density at radius 1 is 0.917 bits per heavy atom. The number of rotatable bonds is 8. The third kappa shape index (κ3) is 5.44. The summed E-state index contributed by atoms with van der Waals surface area (Å²) >= 11 is 0. The van der Waals surface area contributed by atoms with Gasteiger partial charge in [-0.3, -0.25) is 4.98 Å². The number of ether oxygens (including phenoxy) is 4. The van der Waals surface area contributed by atoms with E-state index in [0.717, 1.165) is 87.5 Å². The van der Waals surface area contributed by atoms with Gasteiger partial charge in [0.2, 0.25) is 5.95 Å². The molecule has 190 valence electrons. The lowest BCUT2D eigenvalue weighted by molar-refractivity contribution is -0.0721. The molecule has 0 spiro atoms. The standard InChI is InChI=1S/C26H32N6O4/c1-3-20(4-2-18(1)31-26-29-15-22(16-30-26)35-17-21-5-10-34-21)36-24-14-19(32-8-11-33-12-9-32)13-23-25(24)28-7-6-27-23/h6-7,13-16,18,20-21H,1-5,8-12,17H2,(H,29,30,31)/t18-,20+,21?. The zero-order valence-corrected chi connectivity index (χ0v) is 20.3. The minimum atomic E-state index is 0.138. The Morgan fingerprint density at radius 3 is 2.44 bits per heavy atom. The highest BCUT2D eigenvalue weighted by Crippen LogP contribution is 2.33. The molecule has 3 fully saturated rings. The molecule has 1 unspecified atom stereocenters. The van der Waals surface area contributed by atoms with Gasteiger partial charge in [0.1, 0.15) is 17.9 Å². The molecule has 36 heavy (non-hydrogen) atoms. The minimum absolute atomic E-state index is 0.138. The molecule has 1 N–H and O–H groups in total. The Labute approximate surface area is 210 Å². The molecule has 10 nitrogen and oxygen atoms in total. The first-order valence-electron chi connectivity index (χ1n) is 12.9. The number of nitrogens with zero attached hydrogens (tertiary/aromatic N) is 5. The zero-order valence-electron chi connectivity index (χ0n) is 20.3.